The zero-order chi connectivity index (χ0) is 9.31. The summed E-state index contributed by atoms with van der Waals surface area (Å²) in [6, 6.07) is 0. The lowest BCUT2D eigenvalue weighted by atomic mass is 9.80. The Labute approximate surface area is 90.1 Å². The molecule has 2 aliphatic rings. The van der Waals surface area contributed by atoms with E-state index in [4.69, 9.17) is 4.74 Å². The van der Waals surface area contributed by atoms with Crippen molar-refractivity contribution in [3.05, 3.63) is 0 Å². The first-order valence-electron chi connectivity index (χ1n) is 4.91. The lowest BCUT2D eigenvalue weighted by Gasteiger charge is -2.44. The minimum absolute atomic E-state index is 0. The van der Waals surface area contributed by atoms with E-state index in [2.05, 4.69) is 5.32 Å². The number of hydrogen-bond acceptors (Lipinski definition) is 4. The standard InChI is InChI=1S/C9H17NO3.ClH/c11-7-5-9(10-6-8(7)12)1-3-13-4-2-9;/h7-8,10-12H,1-6H2;1H/t7-,8+;/m1./s1. The highest BCUT2D eigenvalue weighted by atomic mass is 35.5. The fraction of sp³-hybridized carbons (Fsp3) is 1.00. The molecule has 2 atom stereocenters. The van der Waals surface area contributed by atoms with Crippen LogP contribution in [0.5, 0.6) is 0 Å². The van der Waals surface area contributed by atoms with Gasteiger partial charge in [-0.05, 0) is 19.3 Å². The number of halogens is 1. The predicted molar refractivity (Wildman–Crippen MR) is 54.7 cm³/mol. The van der Waals surface area contributed by atoms with Gasteiger partial charge in [0, 0.05) is 25.3 Å². The summed E-state index contributed by atoms with van der Waals surface area (Å²) >= 11 is 0. The summed E-state index contributed by atoms with van der Waals surface area (Å²) in [5.41, 5.74) is 0.0247. The van der Waals surface area contributed by atoms with E-state index in [9.17, 15) is 10.2 Å². The van der Waals surface area contributed by atoms with Crippen LogP contribution >= 0.6 is 12.4 Å². The Hall–Kier alpha value is 0.130. The van der Waals surface area contributed by atoms with Crippen molar-refractivity contribution in [2.75, 3.05) is 19.8 Å². The van der Waals surface area contributed by atoms with Crippen LogP contribution < -0.4 is 5.32 Å². The number of nitrogens with one attached hydrogen (secondary N) is 1. The van der Waals surface area contributed by atoms with Gasteiger partial charge in [-0.2, -0.15) is 0 Å². The molecule has 0 amide bonds. The number of hydrogen-bond donors (Lipinski definition) is 3. The number of rotatable bonds is 0. The third-order valence-corrected chi connectivity index (χ3v) is 3.18. The number of aliphatic hydroxyl groups excluding tert-OH is 2. The first kappa shape index (κ1) is 12.2. The molecule has 0 aromatic heterocycles. The molecule has 2 aliphatic heterocycles. The van der Waals surface area contributed by atoms with Crippen molar-refractivity contribution in [2.45, 2.75) is 37.0 Å². The third-order valence-electron chi connectivity index (χ3n) is 3.18. The van der Waals surface area contributed by atoms with E-state index < -0.39 is 12.2 Å². The van der Waals surface area contributed by atoms with Crippen molar-refractivity contribution in [3.63, 3.8) is 0 Å². The highest BCUT2D eigenvalue weighted by Gasteiger charge is 2.40. The van der Waals surface area contributed by atoms with Gasteiger partial charge in [0.1, 0.15) is 0 Å². The Morgan fingerprint density at radius 2 is 1.79 bits per heavy atom. The lowest BCUT2D eigenvalue weighted by molar-refractivity contribution is -0.0618. The van der Waals surface area contributed by atoms with Crippen LogP contribution in [0.1, 0.15) is 19.3 Å². The van der Waals surface area contributed by atoms with Gasteiger partial charge < -0.3 is 20.3 Å². The average Bonchev–Trinajstić information content (AvgIpc) is 2.14. The van der Waals surface area contributed by atoms with Crippen molar-refractivity contribution < 1.29 is 14.9 Å². The quantitative estimate of drug-likeness (QED) is 0.527. The summed E-state index contributed by atoms with van der Waals surface area (Å²) in [6.45, 7) is 2.02. The zero-order valence-electron chi connectivity index (χ0n) is 8.11. The Morgan fingerprint density at radius 3 is 2.36 bits per heavy atom. The van der Waals surface area contributed by atoms with E-state index >= 15 is 0 Å². The molecular formula is C9H18ClNO3. The van der Waals surface area contributed by atoms with E-state index in [1.165, 1.54) is 0 Å². The fourth-order valence-electron chi connectivity index (χ4n) is 2.21. The van der Waals surface area contributed by atoms with Crippen LogP contribution in [0.25, 0.3) is 0 Å². The van der Waals surface area contributed by atoms with E-state index in [-0.39, 0.29) is 17.9 Å². The summed E-state index contributed by atoms with van der Waals surface area (Å²) < 4.78 is 5.27. The van der Waals surface area contributed by atoms with Crippen molar-refractivity contribution in [2.24, 2.45) is 0 Å². The maximum Gasteiger partial charge on any atom is 0.0923 e. The second-order valence-electron chi connectivity index (χ2n) is 4.11. The van der Waals surface area contributed by atoms with E-state index in [0.717, 1.165) is 26.1 Å². The van der Waals surface area contributed by atoms with Gasteiger partial charge in [-0.25, -0.2) is 0 Å². The molecule has 2 heterocycles. The van der Waals surface area contributed by atoms with Crippen LogP contribution in [0.3, 0.4) is 0 Å². The SMILES string of the molecule is Cl.O[C@@H]1CC2(CCOCC2)NC[C@@H]1O. The number of aliphatic hydroxyl groups is 2. The highest BCUT2D eigenvalue weighted by Crippen LogP contribution is 2.29. The second-order valence-corrected chi connectivity index (χ2v) is 4.11. The summed E-state index contributed by atoms with van der Waals surface area (Å²) in [5.74, 6) is 0. The van der Waals surface area contributed by atoms with Crippen molar-refractivity contribution in [1.82, 2.24) is 5.32 Å². The van der Waals surface area contributed by atoms with Gasteiger partial charge in [0.2, 0.25) is 0 Å². The molecule has 3 N–H and O–H groups in total. The predicted octanol–water partition coefficient (Wildman–Crippen LogP) is -0.328. The first-order chi connectivity index (χ1) is 6.22. The lowest BCUT2D eigenvalue weighted by Crippen LogP contribution is -2.60. The molecule has 0 radical (unpaired) electrons. The fourth-order valence-corrected chi connectivity index (χ4v) is 2.21. The molecule has 0 bridgehead atoms. The van der Waals surface area contributed by atoms with Gasteiger partial charge in [-0.3, -0.25) is 0 Å². The number of ether oxygens (including phenoxy) is 1. The monoisotopic (exact) mass is 223 g/mol. The molecule has 5 heteroatoms. The normalized spacial score (nSPS) is 36.4. The van der Waals surface area contributed by atoms with Gasteiger partial charge >= 0.3 is 0 Å². The average molecular weight is 224 g/mol. The van der Waals surface area contributed by atoms with E-state index in [1.54, 1.807) is 0 Å². The number of piperidine rings is 1. The Balaban J connectivity index is 0.000000980. The van der Waals surface area contributed by atoms with Crippen molar-refractivity contribution in [3.8, 4) is 0 Å². The molecule has 84 valence electrons. The topological polar surface area (TPSA) is 61.7 Å². The van der Waals surface area contributed by atoms with Gasteiger partial charge in [-0.1, -0.05) is 0 Å². The molecule has 0 aliphatic carbocycles. The third kappa shape index (κ3) is 2.38. The molecule has 2 saturated heterocycles. The molecule has 2 rings (SSSR count). The van der Waals surface area contributed by atoms with Gasteiger partial charge in [0.15, 0.2) is 0 Å². The van der Waals surface area contributed by atoms with Crippen LogP contribution in [0, 0.1) is 0 Å². The van der Waals surface area contributed by atoms with Crippen LogP contribution in [-0.2, 0) is 4.74 Å². The molecule has 0 unspecified atom stereocenters. The van der Waals surface area contributed by atoms with Crippen molar-refractivity contribution >= 4 is 12.4 Å². The molecule has 0 aromatic rings. The minimum Gasteiger partial charge on any atom is -0.390 e. The molecule has 2 fully saturated rings. The molecule has 14 heavy (non-hydrogen) atoms. The van der Waals surface area contributed by atoms with Crippen LogP contribution in [0.2, 0.25) is 0 Å². The summed E-state index contributed by atoms with van der Waals surface area (Å²) in [5, 5.41) is 22.2. The Bertz CT molecular complexity index is 185. The molecule has 4 nitrogen and oxygen atoms in total. The summed E-state index contributed by atoms with van der Waals surface area (Å²) in [6.07, 6.45) is 1.36. The molecular weight excluding hydrogens is 206 g/mol. The van der Waals surface area contributed by atoms with Gasteiger partial charge in [-0.15, -0.1) is 12.4 Å². The van der Waals surface area contributed by atoms with Crippen LogP contribution in [0.4, 0.5) is 0 Å². The van der Waals surface area contributed by atoms with Gasteiger partial charge in [0.05, 0.1) is 12.2 Å². The highest BCUT2D eigenvalue weighted by molar-refractivity contribution is 5.85. The second kappa shape index (κ2) is 4.77. The Morgan fingerprint density at radius 1 is 1.14 bits per heavy atom. The van der Waals surface area contributed by atoms with Crippen LogP contribution in [-0.4, -0.2) is 47.7 Å². The van der Waals surface area contributed by atoms with Crippen LogP contribution in [0.15, 0.2) is 0 Å². The van der Waals surface area contributed by atoms with E-state index in [0.29, 0.717) is 13.0 Å². The molecule has 1 spiro atoms. The summed E-state index contributed by atoms with van der Waals surface area (Å²) in [7, 11) is 0. The van der Waals surface area contributed by atoms with E-state index in [1.807, 2.05) is 0 Å². The Kier molecular flexibility index (Phi) is 4.15. The summed E-state index contributed by atoms with van der Waals surface area (Å²) in [4.78, 5) is 0. The molecule has 0 saturated carbocycles. The largest absolute Gasteiger partial charge is 0.390 e. The zero-order valence-corrected chi connectivity index (χ0v) is 8.92. The first-order valence-corrected chi connectivity index (χ1v) is 4.91. The maximum absolute atomic E-state index is 9.56. The maximum atomic E-state index is 9.56. The number of β-amino-alcohol motifs (C(OH)–C–C–N with tert-alkyl or cyclic N) is 1. The smallest absolute Gasteiger partial charge is 0.0923 e. The molecule has 0 aromatic carbocycles. The van der Waals surface area contributed by atoms with Crippen molar-refractivity contribution in [1.29, 1.82) is 0 Å². The van der Waals surface area contributed by atoms with Gasteiger partial charge in [0.25, 0.3) is 0 Å². The minimum atomic E-state index is -0.603.